The van der Waals surface area contributed by atoms with Gasteiger partial charge in [-0.2, -0.15) is 0 Å². The lowest BCUT2D eigenvalue weighted by Gasteiger charge is -2.42. The minimum absolute atomic E-state index is 0.118. The third-order valence-corrected chi connectivity index (χ3v) is 4.99. The van der Waals surface area contributed by atoms with Gasteiger partial charge in [0.15, 0.2) is 17.5 Å². The van der Waals surface area contributed by atoms with Crippen LogP contribution in [-0.2, 0) is 0 Å². The maximum atomic E-state index is 14.1. The molecule has 0 radical (unpaired) electrons. The summed E-state index contributed by atoms with van der Waals surface area (Å²) in [4.78, 5) is 0. The molecule has 0 heterocycles. The van der Waals surface area contributed by atoms with Crippen molar-refractivity contribution in [3.8, 4) is 0 Å². The first kappa shape index (κ1) is 16.3. The normalized spacial score (nSPS) is 26.9. The number of hydrogen-bond acceptors (Lipinski definition) is 1. The van der Waals surface area contributed by atoms with Gasteiger partial charge in [0, 0.05) is 0 Å². The van der Waals surface area contributed by atoms with E-state index in [1.54, 1.807) is 0 Å². The van der Waals surface area contributed by atoms with Gasteiger partial charge >= 0.3 is 0 Å². The van der Waals surface area contributed by atoms with E-state index in [2.05, 4.69) is 20.8 Å². The molecular weight excluding hydrogens is 275 g/mol. The number of halogens is 3. The van der Waals surface area contributed by atoms with Crippen LogP contribution in [0.2, 0.25) is 0 Å². The van der Waals surface area contributed by atoms with Crippen LogP contribution in [0.3, 0.4) is 0 Å². The first-order chi connectivity index (χ1) is 9.75. The molecular formula is C17H24F3N. The van der Waals surface area contributed by atoms with Gasteiger partial charge in [0.25, 0.3) is 0 Å². The van der Waals surface area contributed by atoms with Crippen molar-refractivity contribution in [3.05, 3.63) is 35.1 Å². The number of benzene rings is 1. The third kappa shape index (κ3) is 3.25. The molecule has 0 spiro atoms. The summed E-state index contributed by atoms with van der Waals surface area (Å²) in [6.45, 7) is 6.94. The highest BCUT2D eigenvalue weighted by molar-refractivity contribution is 5.25. The molecule has 4 heteroatoms. The van der Waals surface area contributed by atoms with Crippen LogP contribution in [0, 0.1) is 34.7 Å². The molecule has 0 aromatic heterocycles. The van der Waals surface area contributed by atoms with Crippen molar-refractivity contribution >= 4 is 0 Å². The van der Waals surface area contributed by atoms with Gasteiger partial charge in [0.05, 0.1) is 0 Å². The Balaban J connectivity index is 2.36. The summed E-state index contributed by atoms with van der Waals surface area (Å²) in [5.41, 5.74) is 6.21. The van der Waals surface area contributed by atoms with Crippen molar-refractivity contribution < 1.29 is 13.2 Å². The Bertz CT molecular complexity index is 507. The molecule has 1 aliphatic rings. The molecule has 1 aromatic carbocycles. The summed E-state index contributed by atoms with van der Waals surface area (Å²) >= 11 is 0. The van der Waals surface area contributed by atoms with E-state index in [-0.39, 0.29) is 22.8 Å². The topological polar surface area (TPSA) is 26.0 Å². The first-order valence-electron chi connectivity index (χ1n) is 7.59. The smallest absolute Gasteiger partial charge is 0.194 e. The fraction of sp³-hybridized carbons (Fsp3) is 0.647. The Morgan fingerprint density at radius 3 is 2.33 bits per heavy atom. The molecule has 1 nitrogen and oxygen atoms in total. The molecule has 1 aromatic rings. The van der Waals surface area contributed by atoms with Gasteiger partial charge in [-0.05, 0) is 60.6 Å². The fourth-order valence-corrected chi connectivity index (χ4v) is 3.51. The average molecular weight is 299 g/mol. The third-order valence-electron chi connectivity index (χ3n) is 4.99. The van der Waals surface area contributed by atoms with Crippen LogP contribution in [0.1, 0.15) is 51.5 Å². The quantitative estimate of drug-likeness (QED) is 0.793. The SMILES string of the molecule is CC(C)(C)C1CCC(CN)C(c2ccc(F)c(F)c2F)C1. The lowest BCUT2D eigenvalue weighted by atomic mass is 9.64. The largest absolute Gasteiger partial charge is 0.330 e. The highest BCUT2D eigenvalue weighted by Crippen LogP contribution is 2.47. The molecule has 0 amide bonds. The van der Waals surface area contributed by atoms with Gasteiger partial charge in [-0.25, -0.2) is 13.2 Å². The second-order valence-corrected chi connectivity index (χ2v) is 7.24. The van der Waals surface area contributed by atoms with E-state index in [0.717, 1.165) is 25.3 Å². The van der Waals surface area contributed by atoms with E-state index in [0.29, 0.717) is 12.5 Å². The summed E-state index contributed by atoms with van der Waals surface area (Å²) in [7, 11) is 0. The molecule has 3 atom stereocenters. The molecule has 3 unspecified atom stereocenters. The molecule has 1 fully saturated rings. The minimum atomic E-state index is -1.37. The van der Waals surface area contributed by atoms with E-state index in [1.165, 1.54) is 6.07 Å². The molecule has 2 rings (SSSR count). The molecule has 1 aliphatic carbocycles. The fourth-order valence-electron chi connectivity index (χ4n) is 3.51. The van der Waals surface area contributed by atoms with Gasteiger partial charge in [-0.3, -0.25) is 0 Å². The second-order valence-electron chi connectivity index (χ2n) is 7.24. The Hall–Kier alpha value is -1.03. The molecule has 1 saturated carbocycles. The van der Waals surface area contributed by atoms with Crippen molar-refractivity contribution in [2.24, 2.45) is 23.0 Å². The van der Waals surface area contributed by atoms with Crippen molar-refractivity contribution in [2.75, 3.05) is 6.54 Å². The maximum Gasteiger partial charge on any atom is 0.194 e. The van der Waals surface area contributed by atoms with E-state index in [1.807, 2.05) is 0 Å². The van der Waals surface area contributed by atoms with Crippen LogP contribution in [-0.4, -0.2) is 6.54 Å². The van der Waals surface area contributed by atoms with Gasteiger partial charge in [0.2, 0.25) is 0 Å². The van der Waals surface area contributed by atoms with E-state index in [4.69, 9.17) is 5.73 Å². The van der Waals surface area contributed by atoms with Crippen LogP contribution in [0.4, 0.5) is 13.2 Å². The van der Waals surface area contributed by atoms with Crippen molar-refractivity contribution in [2.45, 2.75) is 46.0 Å². The van der Waals surface area contributed by atoms with Crippen molar-refractivity contribution in [1.82, 2.24) is 0 Å². The van der Waals surface area contributed by atoms with Crippen LogP contribution < -0.4 is 5.73 Å². The number of nitrogens with two attached hydrogens (primary N) is 1. The summed E-state index contributed by atoms with van der Waals surface area (Å²) < 4.78 is 40.8. The number of hydrogen-bond donors (Lipinski definition) is 1. The number of rotatable bonds is 2. The van der Waals surface area contributed by atoms with Crippen LogP contribution in [0.5, 0.6) is 0 Å². The van der Waals surface area contributed by atoms with Gasteiger partial charge < -0.3 is 5.73 Å². The zero-order chi connectivity index (χ0) is 15.8. The average Bonchev–Trinajstić information content (AvgIpc) is 2.43. The summed E-state index contributed by atoms with van der Waals surface area (Å²) in [6, 6.07) is 2.40. The molecule has 2 N–H and O–H groups in total. The monoisotopic (exact) mass is 299 g/mol. The summed E-state index contributed by atoms with van der Waals surface area (Å²) in [5.74, 6) is -3.14. The summed E-state index contributed by atoms with van der Waals surface area (Å²) in [5, 5.41) is 0. The summed E-state index contributed by atoms with van der Waals surface area (Å²) in [6.07, 6.45) is 2.72. The van der Waals surface area contributed by atoms with Crippen LogP contribution in [0.25, 0.3) is 0 Å². The molecule has 21 heavy (non-hydrogen) atoms. The van der Waals surface area contributed by atoms with Gasteiger partial charge in [-0.15, -0.1) is 0 Å². The standard InChI is InChI=1S/C17H24F3N/c1-17(2,3)11-5-4-10(9-21)13(8-11)12-6-7-14(18)16(20)15(12)19/h6-7,10-11,13H,4-5,8-9,21H2,1-3H3. The zero-order valence-corrected chi connectivity index (χ0v) is 12.9. The Morgan fingerprint density at radius 1 is 1.10 bits per heavy atom. The maximum absolute atomic E-state index is 14.1. The Labute approximate surface area is 124 Å². The van der Waals surface area contributed by atoms with E-state index < -0.39 is 17.5 Å². The minimum Gasteiger partial charge on any atom is -0.330 e. The Kier molecular flexibility index (Phi) is 4.66. The lowest BCUT2D eigenvalue weighted by molar-refractivity contribution is 0.131. The molecule has 0 saturated heterocycles. The molecule has 118 valence electrons. The van der Waals surface area contributed by atoms with Crippen LogP contribution in [0.15, 0.2) is 12.1 Å². The predicted octanol–water partition coefficient (Wildman–Crippen LogP) is 4.61. The first-order valence-corrected chi connectivity index (χ1v) is 7.59. The zero-order valence-electron chi connectivity index (χ0n) is 12.9. The predicted molar refractivity (Wildman–Crippen MR) is 78.4 cm³/mol. The van der Waals surface area contributed by atoms with E-state index >= 15 is 0 Å². The molecule has 0 aliphatic heterocycles. The second kappa shape index (κ2) is 5.99. The van der Waals surface area contributed by atoms with Gasteiger partial charge in [-0.1, -0.05) is 26.8 Å². The van der Waals surface area contributed by atoms with Crippen LogP contribution >= 0.6 is 0 Å². The highest BCUT2D eigenvalue weighted by Gasteiger charge is 2.37. The lowest BCUT2D eigenvalue weighted by Crippen LogP contribution is -2.34. The van der Waals surface area contributed by atoms with Gasteiger partial charge in [0.1, 0.15) is 0 Å². The highest BCUT2D eigenvalue weighted by atomic mass is 19.2. The molecule has 0 bridgehead atoms. The van der Waals surface area contributed by atoms with Crippen molar-refractivity contribution in [1.29, 1.82) is 0 Å². The Morgan fingerprint density at radius 2 is 1.76 bits per heavy atom. The van der Waals surface area contributed by atoms with Crippen molar-refractivity contribution in [3.63, 3.8) is 0 Å². The van der Waals surface area contributed by atoms with E-state index in [9.17, 15) is 13.2 Å².